The third-order valence-electron chi connectivity index (χ3n) is 5.57. The van der Waals surface area contributed by atoms with Crippen molar-refractivity contribution in [3.63, 3.8) is 0 Å². The number of rotatable bonds is 6. The Morgan fingerprint density at radius 3 is 2.64 bits per heavy atom. The molecule has 2 aliphatic rings. The molecule has 2 amide bonds. The zero-order chi connectivity index (χ0) is 18.0. The lowest BCUT2D eigenvalue weighted by atomic mass is 10.00. The topological polar surface area (TPSA) is 69.3 Å². The number of H-pyrrole nitrogens is 1. The Bertz CT molecular complexity index is 616. The van der Waals surface area contributed by atoms with Gasteiger partial charge in [-0.25, -0.2) is 0 Å². The second kappa shape index (κ2) is 7.58. The van der Waals surface area contributed by atoms with Gasteiger partial charge in [0, 0.05) is 31.7 Å². The fourth-order valence-corrected chi connectivity index (χ4v) is 3.82. The smallest absolute Gasteiger partial charge is 0.245 e. The van der Waals surface area contributed by atoms with E-state index < -0.39 is 0 Å². The van der Waals surface area contributed by atoms with Crippen molar-refractivity contribution in [2.75, 3.05) is 20.1 Å². The summed E-state index contributed by atoms with van der Waals surface area (Å²) in [6.45, 7) is 5.50. The molecule has 6 nitrogen and oxygen atoms in total. The van der Waals surface area contributed by atoms with Crippen LogP contribution in [0.5, 0.6) is 0 Å². The van der Waals surface area contributed by atoms with Crippen molar-refractivity contribution >= 4 is 11.8 Å². The maximum Gasteiger partial charge on any atom is 0.245 e. The minimum atomic E-state index is -0.246. The van der Waals surface area contributed by atoms with E-state index in [-0.39, 0.29) is 23.8 Å². The molecule has 3 rings (SSSR count). The van der Waals surface area contributed by atoms with Crippen molar-refractivity contribution in [3.05, 3.63) is 17.0 Å². The number of carbonyl (C=O) groups excluding carboxylic acids is 2. The molecule has 1 aliphatic heterocycles. The maximum atomic E-state index is 12.9. The number of hydrogen-bond donors (Lipinski definition) is 1. The van der Waals surface area contributed by atoms with E-state index in [1.165, 1.54) is 5.56 Å². The lowest BCUT2D eigenvalue weighted by Gasteiger charge is -2.37. The SMILES string of the molecule is Cc1n[nH]c(C)c1CCCN(C)C(=O)[C@H]1CCCCN1C(=O)C1CC1. The van der Waals surface area contributed by atoms with Gasteiger partial charge in [0.25, 0.3) is 0 Å². The number of likely N-dealkylation sites (tertiary alicyclic amines) is 1. The summed E-state index contributed by atoms with van der Waals surface area (Å²) in [6, 6.07) is -0.246. The van der Waals surface area contributed by atoms with Crippen LogP contribution in [0.25, 0.3) is 0 Å². The summed E-state index contributed by atoms with van der Waals surface area (Å²) in [7, 11) is 1.87. The summed E-state index contributed by atoms with van der Waals surface area (Å²) in [5, 5.41) is 7.23. The van der Waals surface area contributed by atoms with E-state index in [2.05, 4.69) is 10.2 Å². The molecule has 0 radical (unpaired) electrons. The molecular weight excluding hydrogens is 316 g/mol. The molecule has 0 bridgehead atoms. The van der Waals surface area contributed by atoms with Gasteiger partial charge in [-0.1, -0.05) is 0 Å². The van der Waals surface area contributed by atoms with Crippen LogP contribution in [-0.4, -0.2) is 58.0 Å². The van der Waals surface area contributed by atoms with Gasteiger partial charge >= 0.3 is 0 Å². The highest BCUT2D eigenvalue weighted by Crippen LogP contribution is 2.33. The van der Waals surface area contributed by atoms with Gasteiger partial charge in [-0.15, -0.1) is 0 Å². The highest BCUT2D eigenvalue weighted by molar-refractivity contribution is 5.89. The molecule has 6 heteroatoms. The van der Waals surface area contributed by atoms with E-state index in [1.54, 1.807) is 0 Å². The van der Waals surface area contributed by atoms with Crippen molar-refractivity contribution in [2.24, 2.45) is 5.92 Å². The molecular formula is C19H30N4O2. The quantitative estimate of drug-likeness (QED) is 0.858. The standard InChI is InChI=1S/C19H30N4O2/c1-13-16(14(2)21-20-13)7-6-11-22(3)19(25)17-8-4-5-12-23(17)18(24)15-9-10-15/h15,17H,4-12H2,1-3H3,(H,20,21)/t17-/m1/s1. The van der Waals surface area contributed by atoms with E-state index in [1.807, 2.05) is 30.7 Å². The number of nitrogens with zero attached hydrogens (tertiary/aromatic N) is 3. The van der Waals surface area contributed by atoms with Crippen LogP contribution < -0.4 is 0 Å². The van der Waals surface area contributed by atoms with Crippen molar-refractivity contribution < 1.29 is 9.59 Å². The van der Waals surface area contributed by atoms with Gasteiger partial charge in [-0.2, -0.15) is 5.10 Å². The van der Waals surface area contributed by atoms with Crippen LogP contribution in [0.3, 0.4) is 0 Å². The number of carbonyl (C=O) groups is 2. The average molecular weight is 346 g/mol. The van der Waals surface area contributed by atoms with E-state index in [4.69, 9.17) is 0 Å². The van der Waals surface area contributed by atoms with Crippen LogP contribution in [0.1, 0.15) is 55.5 Å². The predicted octanol–water partition coefficient (Wildman–Crippen LogP) is 2.21. The number of likely N-dealkylation sites (N-methyl/N-ethyl adjacent to an activating group) is 1. The van der Waals surface area contributed by atoms with E-state index >= 15 is 0 Å². The monoisotopic (exact) mass is 346 g/mol. The molecule has 0 spiro atoms. The van der Waals surface area contributed by atoms with Gasteiger partial charge in [0.05, 0.1) is 5.69 Å². The zero-order valence-electron chi connectivity index (χ0n) is 15.7. The van der Waals surface area contributed by atoms with Crippen LogP contribution in [-0.2, 0) is 16.0 Å². The fraction of sp³-hybridized carbons (Fsp3) is 0.737. The summed E-state index contributed by atoms with van der Waals surface area (Å²) in [4.78, 5) is 29.1. The second-order valence-electron chi connectivity index (χ2n) is 7.59. The Morgan fingerprint density at radius 2 is 2.00 bits per heavy atom. The predicted molar refractivity (Wildman–Crippen MR) is 96.1 cm³/mol. The minimum Gasteiger partial charge on any atom is -0.344 e. The first-order valence-corrected chi connectivity index (χ1v) is 9.55. The fourth-order valence-electron chi connectivity index (χ4n) is 3.82. The van der Waals surface area contributed by atoms with Gasteiger partial charge < -0.3 is 9.80 Å². The number of nitrogens with one attached hydrogen (secondary N) is 1. The lowest BCUT2D eigenvalue weighted by Crippen LogP contribution is -2.52. The van der Waals surface area contributed by atoms with Crippen LogP contribution in [0.2, 0.25) is 0 Å². The van der Waals surface area contributed by atoms with Crippen LogP contribution >= 0.6 is 0 Å². The third kappa shape index (κ3) is 4.05. The molecule has 1 aromatic heterocycles. The van der Waals surface area contributed by atoms with Crippen molar-refractivity contribution in [1.82, 2.24) is 20.0 Å². The molecule has 2 fully saturated rings. The Hall–Kier alpha value is -1.85. The highest BCUT2D eigenvalue weighted by Gasteiger charge is 2.40. The number of aryl methyl sites for hydroxylation is 2. The molecule has 1 aromatic rings. The molecule has 1 N–H and O–H groups in total. The van der Waals surface area contributed by atoms with Gasteiger partial charge in [0.2, 0.25) is 11.8 Å². The molecule has 0 unspecified atom stereocenters. The summed E-state index contributed by atoms with van der Waals surface area (Å²) in [6.07, 6.45) is 6.68. The zero-order valence-corrected chi connectivity index (χ0v) is 15.7. The average Bonchev–Trinajstić information content (AvgIpc) is 3.42. The van der Waals surface area contributed by atoms with Gasteiger partial charge in [-0.3, -0.25) is 14.7 Å². The maximum absolute atomic E-state index is 12.9. The molecule has 1 aliphatic carbocycles. The highest BCUT2D eigenvalue weighted by atomic mass is 16.2. The number of amides is 2. The van der Waals surface area contributed by atoms with E-state index in [0.717, 1.165) is 62.9 Å². The first-order chi connectivity index (χ1) is 12.0. The van der Waals surface area contributed by atoms with Crippen LogP contribution in [0.15, 0.2) is 0 Å². The summed E-state index contributed by atoms with van der Waals surface area (Å²) < 4.78 is 0. The number of aromatic amines is 1. The summed E-state index contributed by atoms with van der Waals surface area (Å²) >= 11 is 0. The number of piperidine rings is 1. The van der Waals surface area contributed by atoms with Crippen molar-refractivity contribution in [2.45, 2.75) is 64.8 Å². The van der Waals surface area contributed by atoms with Gasteiger partial charge in [0.15, 0.2) is 0 Å². The van der Waals surface area contributed by atoms with E-state index in [9.17, 15) is 9.59 Å². The lowest BCUT2D eigenvalue weighted by molar-refractivity contribution is -0.147. The first kappa shape index (κ1) is 18.0. The third-order valence-corrected chi connectivity index (χ3v) is 5.57. The Morgan fingerprint density at radius 1 is 1.24 bits per heavy atom. The Balaban J connectivity index is 1.54. The first-order valence-electron chi connectivity index (χ1n) is 9.55. The summed E-state index contributed by atoms with van der Waals surface area (Å²) in [5.74, 6) is 0.496. The van der Waals surface area contributed by atoms with Crippen LogP contribution in [0.4, 0.5) is 0 Å². The molecule has 2 heterocycles. The Labute approximate surface area is 149 Å². The normalized spacial score (nSPS) is 20.6. The molecule has 0 aromatic carbocycles. The molecule has 1 saturated heterocycles. The minimum absolute atomic E-state index is 0.106. The summed E-state index contributed by atoms with van der Waals surface area (Å²) in [5.41, 5.74) is 3.41. The van der Waals surface area contributed by atoms with Crippen LogP contribution in [0, 0.1) is 19.8 Å². The van der Waals surface area contributed by atoms with Gasteiger partial charge in [-0.05, 0) is 64.4 Å². The molecule has 1 saturated carbocycles. The number of hydrogen-bond acceptors (Lipinski definition) is 3. The molecule has 138 valence electrons. The van der Waals surface area contributed by atoms with E-state index in [0.29, 0.717) is 6.54 Å². The van der Waals surface area contributed by atoms with Crippen molar-refractivity contribution in [1.29, 1.82) is 0 Å². The molecule has 25 heavy (non-hydrogen) atoms. The van der Waals surface area contributed by atoms with Gasteiger partial charge in [0.1, 0.15) is 6.04 Å². The molecule has 1 atom stereocenters. The van der Waals surface area contributed by atoms with Crippen molar-refractivity contribution in [3.8, 4) is 0 Å². The second-order valence-corrected chi connectivity index (χ2v) is 7.59. The largest absolute Gasteiger partial charge is 0.344 e. The Kier molecular flexibility index (Phi) is 5.45. The number of aromatic nitrogens is 2.